The fraction of sp³-hybridized carbons (Fsp3) is 0.391. The zero-order valence-electron chi connectivity index (χ0n) is 17.7. The van der Waals surface area contributed by atoms with Crippen molar-refractivity contribution in [3.63, 3.8) is 0 Å². The number of aryl methyl sites for hydroxylation is 1. The first kappa shape index (κ1) is 24.7. The molecule has 2 aromatic carbocycles. The van der Waals surface area contributed by atoms with Crippen LogP contribution in [0.3, 0.4) is 0 Å². The van der Waals surface area contributed by atoms with Gasteiger partial charge in [-0.3, -0.25) is 15.4 Å². The molecule has 0 aromatic heterocycles. The minimum atomic E-state index is -0.720. The van der Waals surface area contributed by atoms with Gasteiger partial charge in [-0.05, 0) is 48.6 Å². The lowest BCUT2D eigenvalue weighted by Crippen LogP contribution is -2.30. The Hall–Kier alpha value is -2.61. The summed E-state index contributed by atoms with van der Waals surface area (Å²) in [6.07, 6.45) is 0.891. The van der Waals surface area contributed by atoms with E-state index in [1.165, 1.54) is 5.56 Å². The second kappa shape index (κ2) is 13.6. The number of halogens is 1. The fourth-order valence-electron chi connectivity index (χ4n) is 2.83. The van der Waals surface area contributed by atoms with Gasteiger partial charge in [0, 0.05) is 23.7 Å². The number of carbonyl (C=O) groups is 2. The lowest BCUT2D eigenvalue weighted by Gasteiger charge is -2.13. The van der Waals surface area contributed by atoms with Gasteiger partial charge in [0.15, 0.2) is 0 Å². The molecule has 31 heavy (non-hydrogen) atoms. The van der Waals surface area contributed by atoms with Gasteiger partial charge in [-0.25, -0.2) is 4.79 Å². The Labute approximate surface area is 188 Å². The van der Waals surface area contributed by atoms with E-state index in [9.17, 15) is 14.7 Å². The molecule has 2 rings (SSSR count). The average Bonchev–Trinajstić information content (AvgIpc) is 2.77. The summed E-state index contributed by atoms with van der Waals surface area (Å²) in [5.74, 6) is -0.155. The molecule has 0 saturated heterocycles. The van der Waals surface area contributed by atoms with Gasteiger partial charge < -0.3 is 15.2 Å². The van der Waals surface area contributed by atoms with Crippen LogP contribution in [-0.2, 0) is 22.5 Å². The molecular formula is C23H30ClN3O4. The van der Waals surface area contributed by atoms with Crippen LogP contribution < -0.4 is 16.0 Å². The summed E-state index contributed by atoms with van der Waals surface area (Å²) in [6.45, 7) is 2.82. The van der Waals surface area contributed by atoms with E-state index >= 15 is 0 Å². The Morgan fingerprint density at radius 2 is 1.87 bits per heavy atom. The molecule has 0 fully saturated rings. The van der Waals surface area contributed by atoms with Gasteiger partial charge in [-0.15, -0.1) is 0 Å². The fourth-order valence-corrected chi connectivity index (χ4v) is 3.03. The van der Waals surface area contributed by atoms with Crippen LogP contribution >= 0.6 is 11.6 Å². The number of rotatable bonds is 12. The standard InChI is InChI=1S/C23H30ClN3O4/c1-2-17-10-12-19(13-11-17)27-23(30)31-15-14-25-21(28)8-5-9-22(29)26-16-18-6-3-4-7-20(18)24/h3-4,6-7,10-13,22,26,29H,2,5,8-9,14-16H2,1H3,(H,25,28)(H,27,30). The molecule has 0 saturated carbocycles. The van der Waals surface area contributed by atoms with Gasteiger partial charge in [0.25, 0.3) is 0 Å². The van der Waals surface area contributed by atoms with Crippen molar-refractivity contribution in [3.8, 4) is 0 Å². The van der Waals surface area contributed by atoms with Crippen molar-refractivity contribution in [2.24, 2.45) is 0 Å². The highest BCUT2D eigenvalue weighted by atomic mass is 35.5. The number of benzene rings is 2. The molecular weight excluding hydrogens is 418 g/mol. The smallest absolute Gasteiger partial charge is 0.411 e. The quantitative estimate of drug-likeness (QED) is 0.292. The molecule has 8 heteroatoms. The van der Waals surface area contributed by atoms with Crippen LogP contribution in [0.2, 0.25) is 5.02 Å². The summed E-state index contributed by atoms with van der Waals surface area (Å²) in [5.41, 5.74) is 2.75. The van der Waals surface area contributed by atoms with Crippen LogP contribution in [0.5, 0.6) is 0 Å². The van der Waals surface area contributed by atoms with Gasteiger partial charge in [0.05, 0.1) is 6.54 Å². The summed E-state index contributed by atoms with van der Waals surface area (Å²) in [4.78, 5) is 23.6. The van der Waals surface area contributed by atoms with E-state index in [4.69, 9.17) is 16.3 Å². The largest absolute Gasteiger partial charge is 0.447 e. The molecule has 1 unspecified atom stereocenters. The third-order valence-electron chi connectivity index (χ3n) is 4.63. The molecule has 0 heterocycles. The molecule has 168 valence electrons. The highest BCUT2D eigenvalue weighted by Gasteiger charge is 2.08. The molecule has 0 aliphatic rings. The monoisotopic (exact) mass is 447 g/mol. The zero-order chi connectivity index (χ0) is 22.5. The molecule has 0 bridgehead atoms. The molecule has 0 spiro atoms. The van der Waals surface area contributed by atoms with Crippen LogP contribution in [0.15, 0.2) is 48.5 Å². The molecule has 0 radical (unpaired) electrons. The normalized spacial score (nSPS) is 11.6. The zero-order valence-corrected chi connectivity index (χ0v) is 18.5. The Morgan fingerprint density at radius 3 is 2.58 bits per heavy atom. The Kier molecular flexibility index (Phi) is 10.9. The Balaban J connectivity index is 1.51. The minimum absolute atomic E-state index is 0.0760. The number of hydrogen-bond donors (Lipinski definition) is 4. The first-order chi connectivity index (χ1) is 15.0. The number of aliphatic hydroxyl groups is 1. The van der Waals surface area contributed by atoms with Gasteiger partial charge in [0.2, 0.25) is 5.91 Å². The topological polar surface area (TPSA) is 99.7 Å². The number of hydrogen-bond acceptors (Lipinski definition) is 5. The maximum absolute atomic E-state index is 11.9. The molecule has 0 aliphatic heterocycles. The van der Waals surface area contributed by atoms with Crippen molar-refractivity contribution in [1.29, 1.82) is 0 Å². The van der Waals surface area contributed by atoms with Crippen molar-refractivity contribution in [1.82, 2.24) is 10.6 Å². The number of carbonyl (C=O) groups excluding carboxylic acids is 2. The molecule has 2 amide bonds. The van der Waals surface area contributed by atoms with Crippen molar-refractivity contribution in [2.75, 3.05) is 18.5 Å². The molecule has 7 nitrogen and oxygen atoms in total. The summed E-state index contributed by atoms with van der Waals surface area (Å²) >= 11 is 6.08. The maximum atomic E-state index is 11.9. The highest BCUT2D eigenvalue weighted by Crippen LogP contribution is 2.14. The van der Waals surface area contributed by atoms with Crippen LogP contribution in [0, 0.1) is 0 Å². The highest BCUT2D eigenvalue weighted by molar-refractivity contribution is 6.31. The molecule has 0 aliphatic carbocycles. The molecule has 2 aromatic rings. The van der Waals surface area contributed by atoms with E-state index in [-0.39, 0.29) is 25.5 Å². The summed E-state index contributed by atoms with van der Waals surface area (Å²) in [6, 6.07) is 14.9. The second-order valence-corrected chi connectivity index (χ2v) is 7.45. The van der Waals surface area contributed by atoms with Gasteiger partial charge in [0.1, 0.15) is 12.8 Å². The Morgan fingerprint density at radius 1 is 1.13 bits per heavy atom. The third-order valence-corrected chi connectivity index (χ3v) is 5.00. The lowest BCUT2D eigenvalue weighted by molar-refractivity contribution is -0.121. The van der Waals surface area contributed by atoms with Crippen LogP contribution in [0.4, 0.5) is 10.5 Å². The van der Waals surface area contributed by atoms with Gasteiger partial charge in [-0.2, -0.15) is 0 Å². The van der Waals surface area contributed by atoms with Crippen LogP contribution in [0.1, 0.15) is 37.3 Å². The molecule has 1 atom stereocenters. The lowest BCUT2D eigenvalue weighted by atomic mass is 10.1. The summed E-state index contributed by atoms with van der Waals surface area (Å²) in [5, 5.41) is 18.9. The number of nitrogens with one attached hydrogen (secondary N) is 3. The number of aliphatic hydroxyl groups excluding tert-OH is 1. The predicted octanol–water partition coefficient (Wildman–Crippen LogP) is 3.85. The summed E-state index contributed by atoms with van der Waals surface area (Å²) < 4.78 is 5.05. The predicted molar refractivity (Wildman–Crippen MR) is 122 cm³/mol. The van der Waals surface area contributed by atoms with E-state index in [0.29, 0.717) is 30.1 Å². The van der Waals surface area contributed by atoms with E-state index in [0.717, 1.165) is 12.0 Å². The second-order valence-electron chi connectivity index (χ2n) is 7.04. The van der Waals surface area contributed by atoms with Crippen LogP contribution in [0.25, 0.3) is 0 Å². The van der Waals surface area contributed by atoms with E-state index < -0.39 is 12.3 Å². The van der Waals surface area contributed by atoms with E-state index in [1.807, 2.05) is 42.5 Å². The number of ether oxygens (including phenoxy) is 1. The first-order valence-corrected chi connectivity index (χ1v) is 10.8. The third kappa shape index (κ3) is 9.83. The van der Waals surface area contributed by atoms with Crippen molar-refractivity contribution in [2.45, 2.75) is 45.4 Å². The minimum Gasteiger partial charge on any atom is -0.447 e. The summed E-state index contributed by atoms with van der Waals surface area (Å²) in [7, 11) is 0. The van der Waals surface area contributed by atoms with Gasteiger partial charge in [-0.1, -0.05) is 48.9 Å². The Bertz CT molecular complexity index is 830. The SMILES string of the molecule is CCc1ccc(NC(=O)OCCNC(=O)CCCC(O)NCc2ccccc2Cl)cc1. The van der Waals surface area contributed by atoms with Crippen molar-refractivity contribution < 1.29 is 19.4 Å². The number of anilines is 1. The van der Waals surface area contributed by atoms with Crippen LogP contribution in [-0.4, -0.2) is 36.5 Å². The van der Waals surface area contributed by atoms with E-state index in [2.05, 4.69) is 22.9 Å². The number of amides is 2. The first-order valence-electron chi connectivity index (χ1n) is 10.4. The maximum Gasteiger partial charge on any atom is 0.411 e. The van der Waals surface area contributed by atoms with E-state index in [1.54, 1.807) is 6.07 Å². The van der Waals surface area contributed by atoms with Crippen molar-refractivity contribution >= 4 is 29.3 Å². The van der Waals surface area contributed by atoms with Gasteiger partial charge >= 0.3 is 6.09 Å². The molecule has 4 N–H and O–H groups in total. The van der Waals surface area contributed by atoms with Crippen molar-refractivity contribution in [3.05, 3.63) is 64.7 Å². The average molecular weight is 448 g/mol.